The first kappa shape index (κ1) is 15.8. The largest absolute Gasteiger partial charge is 0.280 e. The van der Waals surface area contributed by atoms with Crippen molar-refractivity contribution in [3.63, 3.8) is 0 Å². The number of sulfonamides is 1. The van der Waals surface area contributed by atoms with Gasteiger partial charge in [-0.2, -0.15) is 0 Å². The summed E-state index contributed by atoms with van der Waals surface area (Å²) in [5.41, 5.74) is 1.33. The van der Waals surface area contributed by atoms with Gasteiger partial charge in [0, 0.05) is 20.5 Å². The van der Waals surface area contributed by atoms with Crippen LogP contribution in [0.5, 0.6) is 0 Å². The lowest BCUT2D eigenvalue weighted by Gasteiger charge is -2.10. The minimum absolute atomic E-state index is 0.170. The van der Waals surface area contributed by atoms with Crippen molar-refractivity contribution in [2.24, 2.45) is 0 Å². The van der Waals surface area contributed by atoms with Gasteiger partial charge in [-0.15, -0.1) is 11.6 Å². The van der Waals surface area contributed by atoms with Crippen LogP contribution in [0, 0.1) is 0 Å². The highest BCUT2D eigenvalue weighted by molar-refractivity contribution is 9.11. The Kier molecular flexibility index (Phi) is 5.12. The number of halogens is 3. The number of hydrogen-bond acceptors (Lipinski definition) is 2. The van der Waals surface area contributed by atoms with Crippen LogP contribution in [-0.4, -0.2) is 8.42 Å². The van der Waals surface area contributed by atoms with E-state index in [0.29, 0.717) is 20.5 Å². The summed E-state index contributed by atoms with van der Waals surface area (Å²) < 4.78 is 28.5. The van der Waals surface area contributed by atoms with Gasteiger partial charge in [0.25, 0.3) is 10.0 Å². The second-order valence-corrected chi connectivity index (χ2v) is 7.70. The van der Waals surface area contributed by atoms with Gasteiger partial charge in [-0.25, -0.2) is 8.42 Å². The Balaban J connectivity index is 2.38. The van der Waals surface area contributed by atoms with Crippen LogP contribution in [0.25, 0.3) is 0 Å². The van der Waals surface area contributed by atoms with E-state index in [1.165, 1.54) is 6.07 Å². The van der Waals surface area contributed by atoms with Crippen LogP contribution >= 0.6 is 43.5 Å². The Bertz CT molecular complexity index is 735. The highest BCUT2D eigenvalue weighted by Crippen LogP contribution is 2.27. The van der Waals surface area contributed by atoms with Crippen LogP contribution in [0.15, 0.2) is 56.3 Å². The molecule has 2 aromatic carbocycles. The maximum atomic E-state index is 12.4. The summed E-state index contributed by atoms with van der Waals surface area (Å²) in [4.78, 5) is 0.170. The molecule has 1 N–H and O–H groups in total. The predicted molar refractivity (Wildman–Crippen MR) is 88.6 cm³/mol. The molecule has 20 heavy (non-hydrogen) atoms. The van der Waals surface area contributed by atoms with Crippen LogP contribution in [0.3, 0.4) is 0 Å². The standard InChI is InChI=1S/C13H10Br2ClNO2S/c14-10-4-5-12(15)13(7-10)20(18,19)17-11-3-1-2-9(6-11)8-16/h1-7,17H,8H2. The predicted octanol–water partition coefficient (Wildman–Crippen LogP) is 4.75. The zero-order valence-corrected chi connectivity index (χ0v) is 14.9. The van der Waals surface area contributed by atoms with E-state index in [9.17, 15) is 8.42 Å². The number of nitrogens with one attached hydrogen (secondary N) is 1. The van der Waals surface area contributed by atoms with Gasteiger partial charge in [0.15, 0.2) is 0 Å². The van der Waals surface area contributed by atoms with Crippen molar-refractivity contribution in [1.82, 2.24) is 0 Å². The van der Waals surface area contributed by atoms with Gasteiger partial charge in [-0.1, -0.05) is 28.1 Å². The van der Waals surface area contributed by atoms with E-state index in [1.807, 2.05) is 6.07 Å². The lowest BCUT2D eigenvalue weighted by atomic mass is 10.2. The van der Waals surface area contributed by atoms with Crippen LogP contribution in [0.4, 0.5) is 5.69 Å². The third-order valence-corrected chi connectivity index (χ3v) is 5.69. The number of rotatable bonds is 4. The van der Waals surface area contributed by atoms with Gasteiger partial charge in [-0.3, -0.25) is 4.72 Å². The molecule has 0 spiro atoms. The van der Waals surface area contributed by atoms with Gasteiger partial charge in [-0.05, 0) is 51.8 Å². The first-order valence-corrected chi connectivity index (χ1v) is 9.15. The summed E-state index contributed by atoms with van der Waals surface area (Å²) in [5, 5.41) is 0. The molecule has 106 valence electrons. The molecule has 3 nitrogen and oxygen atoms in total. The summed E-state index contributed by atoms with van der Waals surface area (Å²) in [5.74, 6) is 0.330. The zero-order chi connectivity index (χ0) is 14.8. The molecule has 0 amide bonds. The summed E-state index contributed by atoms with van der Waals surface area (Å²) in [7, 11) is -3.66. The minimum atomic E-state index is -3.66. The Morgan fingerprint density at radius 3 is 2.55 bits per heavy atom. The molecular formula is C13H10Br2ClNO2S. The quantitative estimate of drug-likeness (QED) is 0.699. The average molecular weight is 440 g/mol. The summed E-state index contributed by atoms with van der Waals surface area (Å²) >= 11 is 12.3. The molecule has 2 rings (SSSR count). The summed E-state index contributed by atoms with van der Waals surface area (Å²) in [6, 6.07) is 11.9. The lowest BCUT2D eigenvalue weighted by molar-refractivity contribution is 0.600. The maximum Gasteiger partial charge on any atom is 0.263 e. The normalized spacial score (nSPS) is 11.3. The molecule has 0 saturated carbocycles. The first-order valence-electron chi connectivity index (χ1n) is 5.55. The molecule has 0 aliphatic rings. The number of anilines is 1. The van der Waals surface area contributed by atoms with E-state index in [4.69, 9.17) is 11.6 Å². The summed E-state index contributed by atoms with van der Waals surface area (Å²) in [6.07, 6.45) is 0. The summed E-state index contributed by atoms with van der Waals surface area (Å²) in [6.45, 7) is 0. The van der Waals surface area contributed by atoms with Crippen molar-refractivity contribution in [2.75, 3.05) is 4.72 Å². The molecule has 0 fully saturated rings. The second-order valence-electron chi connectivity index (χ2n) is 4.01. The van der Waals surface area contributed by atoms with E-state index in [-0.39, 0.29) is 4.90 Å². The van der Waals surface area contributed by atoms with Crippen molar-refractivity contribution in [2.45, 2.75) is 10.8 Å². The maximum absolute atomic E-state index is 12.4. The first-order chi connectivity index (χ1) is 9.42. The topological polar surface area (TPSA) is 46.2 Å². The van der Waals surface area contributed by atoms with Crippen LogP contribution in [-0.2, 0) is 15.9 Å². The third kappa shape index (κ3) is 3.75. The second kappa shape index (κ2) is 6.47. The van der Waals surface area contributed by atoms with Crippen molar-refractivity contribution in [3.05, 3.63) is 57.0 Å². The molecule has 0 atom stereocenters. The fraction of sp³-hybridized carbons (Fsp3) is 0.0769. The van der Waals surface area contributed by atoms with Crippen molar-refractivity contribution < 1.29 is 8.42 Å². The Hall–Kier alpha value is -0.560. The molecule has 7 heteroatoms. The Morgan fingerprint density at radius 1 is 1.10 bits per heavy atom. The number of hydrogen-bond donors (Lipinski definition) is 1. The Morgan fingerprint density at radius 2 is 1.85 bits per heavy atom. The molecule has 0 radical (unpaired) electrons. The SMILES string of the molecule is O=S(=O)(Nc1cccc(CCl)c1)c1cc(Br)ccc1Br. The molecule has 0 heterocycles. The number of alkyl halides is 1. The van der Waals surface area contributed by atoms with Crippen LogP contribution in [0.2, 0.25) is 0 Å². The van der Waals surface area contributed by atoms with E-state index in [2.05, 4.69) is 36.6 Å². The van der Waals surface area contributed by atoms with E-state index >= 15 is 0 Å². The minimum Gasteiger partial charge on any atom is -0.280 e. The molecular weight excluding hydrogens is 429 g/mol. The van der Waals surface area contributed by atoms with Gasteiger partial charge in [0.05, 0.1) is 0 Å². The lowest BCUT2D eigenvalue weighted by Crippen LogP contribution is -2.13. The molecule has 0 saturated heterocycles. The zero-order valence-electron chi connectivity index (χ0n) is 10.1. The van der Waals surface area contributed by atoms with Gasteiger partial charge >= 0.3 is 0 Å². The fourth-order valence-electron chi connectivity index (χ4n) is 1.61. The van der Waals surface area contributed by atoms with E-state index in [0.717, 1.165) is 5.56 Å². The van der Waals surface area contributed by atoms with Crippen molar-refractivity contribution in [3.8, 4) is 0 Å². The van der Waals surface area contributed by atoms with Crippen molar-refractivity contribution in [1.29, 1.82) is 0 Å². The highest BCUT2D eigenvalue weighted by Gasteiger charge is 2.18. The Labute approximate surface area is 139 Å². The van der Waals surface area contributed by atoms with E-state index in [1.54, 1.807) is 30.3 Å². The van der Waals surface area contributed by atoms with E-state index < -0.39 is 10.0 Å². The molecule has 2 aromatic rings. The highest BCUT2D eigenvalue weighted by atomic mass is 79.9. The fourth-order valence-corrected chi connectivity index (χ4v) is 4.33. The monoisotopic (exact) mass is 437 g/mol. The molecule has 0 aliphatic heterocycles. The molecule has 0 bridgehead atoms. The smallest absolute Gasteiger partial charge is 0.263 e. The molecule has 0 aromatic heterocycles. The van der Waals surface area contributed by atoms with Crippen molar-refractivity contribution >= 4 is 59.2 Å². The molecule has 0 aliphatic carbocycles. The average Bonchev–Trinajstić information content (AvgIpc) is 2.41. The van der Waals surface area contributed by atoms with Crippen LogP contribution in [0.1, 0.15) is 5.56 Å². The third-order valence-electron chi connectivity index (χ3n) is 2.52. The number of benzene rings is 2. The van der Waals surface area contributed by atoms with Crippen LogP contribution < -0.4 is 4.72 Å². The molecule has 0 unspecified atom stereocenters. The van der Waals surface area contributed by atoms with Gasteiger partial charge in [0.1, 0.15) is 4.90 Å². The van der Waals surface area contributed by atoms with Gasteiger partial charge < -0.3 is 0 Å². The van der Waals surface area contributed by atoms with Gasteiger partial charge in [0.2, 0.25) is 0 Å².